The van der Waals surface area contributed by atoms with Gasteiger partial charge in [0, 0.05) is 26.2 Å². The number of halogens is 1. The standard InChI is InChI=1S/C17H19FN4O/c1-12-11-20-17(23-12)13(2)21-5-7-22(8-6-21)16-4-3-14(10-19)9-15(16)18/h3-4,9,11,13H,5-8H2,1-2H3. The number of piperazine rings is 1. The summed E-state index contributed by atoms with van der Waals surface area (Å²) in [5, 5.41) is 8.82. The molecule has 5 nitrogen and oxygen atoms in total. The highest BCUT2D eigenvalue weighted by Crippen LogP contribution is 2.25. The molecule has 2 aromatic rings. The third kappa shape index (κ3) is 3.20. The van der Waals surface area contributed by atoms with Crippen molar-refractivity contribution in [1.29, 1.82) is 5.26 Å². The van der Waals surface area contributed by atoms with Crippen LogP contribution >= 0.6 is 0 Å². The van der Waals surface area contributed by atoms with E-state index in [1.807, 2.05) is 17.9 Å². The van der Waals surface area contributed by atoms with Gasteiger partial charge in [-0.1, -0.05) is 0 Å². The number of rotatable bonds is 3. The molecule has 0 N–H and O–H groups in total. The Bertz CT molecular complexity index is 728. The number of benzene rings is 1. The first-order valence-electron chi connectivity index (χ1n) is 7.69. The molecule has 1 aromatic heterocycles. The molecule has 0 saturated carbocycles. The SMILES string of the molecule is Cc1cnc(C(C)N2CCN(c3ccc(C#N)cc3F)CC2)o1. The van der Waals surface area contributed by atoms with E-state index in [1.54, 1.807) is 18.3 Å². The fraction of sp³-hybridized carbons (Fsp3) is 0.412. The Morgan fingerprint density at radius 1 is 1.30 bits per heavy atom. The molecule has 3 rings (SSSR count). The minimum atomic E-state index is -0.339. The summed E-state index contributed by atoms with van der Waals surface area (Å²) in [5.74, 6) is 1.19. The quantitative estimate of drug-likeness (QED) is 0.872. The monoisotopic (exact) mass is 314 g/mol. The molecule has 0 bridgehead atoms. The summed E-state index contributed by atoms with van der Waals surface area (Å²) in [5.41, 5.74) is 0.904. The van der Waals surface area contributed by atoms with E-state index in [0.29, 0.717) is 11.3 Å². The van der Waals surface area contributed by atoms with Gasteiger partial charge in [0.05, 0.1) is 29.6 Å². The maximum absolute atomic E-state index is 14.1. The number of aryl methyl sites for hydroxylation is 1. The molecule has 0 amide bonds. The van der Waals surface area contributed by atoms with E-state index in [-0.39, 0.29) is 11.9 Å². The third-order valence-electron chi connectivity index (χ3n) is 4.28. The van der Waals surface area contributed by atoms with Gasteiger partial charge < -0.3 is 9.32 Å². The lowest BCUT2D eigenvalue weighted by atomic mass is 10.1. The summed E-state index contributed by atoms with van der Waals surface area (Å²) in [6.07, 6.45) is 1.73. The van der Waals surface area contributed by atoms with E-state index < -0.39 is 0 Å². The molecule has 1 aliphatic rings. The molecule has 1 aliphatic heterocycles. The lowest BCUT2D eigenvalue weighted by Crippen LogP contribution is -2.47. The molecule has 6 heteroatoms. The Labute approximate surface area is 134 Å². The second kappa shape index (κ2) is 6.39. The highest BCUT2D eigenvalue weighted by atomic mass is 19.1. The molecule has 1 atom stereocenters. The van der Waals surface area contributed by atoms with E-state index >= 15 is 0 Å². The van der Waals surface area contributed by atoms with Crippen LogP contribution in [0.25, 0.3) is 0 Å². The van der Waals surface area contributed by atoms with Crippen molar-refractivity contribution in [3.63, 3.8) is 0 Å². The van der Waals surface area contributed by atoms with Gasteiger partial charge in [0.15, 0.2) is 0 Å². The first kappa shape index (κ1) is 15.5. The first-order valence-corrected chi connectivity index (χ1v) is 7.69. The maximum Gasteiger partial charge on any atom is 0.211 e. The Morgan fingerprint density at radius 3 is 2.61 bits per heavy atom. The molecule has 0 radical (unpaired) electrons. The molecule has 2 heterocycles. The van der Waals surface area contributed by atoms with Crippen molar-refractivity contribution < 1.29 is 8.81 Å². The normalized spacial score (nSPS) is 17.0. The zero-order valence-corrected chi connectivity index (χ0v) is 13.3. The highest BCUT2D eigenvalue weighted by molar-refractivity contribution is 5.51. The lowest BCUT2D eigenvalue weighted by molar-refractivity contribution is 0.171. The predicted octanol–water partition coefficient (Wildman–Crippen LogP) is 2.88. The molecule has 1 saturated heterocycles. The van der Waals surface area contributed by atoms with Crippen molar-refractivity contribution >= 4 is 5.69 Å². The van der Waals surface area contributed by atoms with Gasteiger partial charge in [0.25, 0.3) is 0 Å². The van der Waals surface area contributed by atoms with Crippen LogP contribution in [0.1, 0.15) is 30.2 Å². The third-order valence-corrected chi connectivity index (χ3v) is 4.28. The smallest absolute Gasteiger partial charge is 0.211 e. The van der Waals surface area contributed by atoms with Gasteiger partial charge in [0.2, 0.25) is 5.89 Å². The summed E-state index contributed by atoms with van der Waals surface area (Å²) >= 11 is 0. The van der Waals surface area contributed by atoms with Crippen LogP contribution in [0.15, 0.2) is 28.8 Å². The molecule has 1 aromatic carbocycles. The molecule has 0 spiro atoms. The molecular weight excluding hydrogens is 295 g/mol. The zero-order chi connectivity index (χ0) is 16.4. The van der Waals surface area contributed by atoms with Gasteiger partial charge >= 0.3 is 0 Å². The number of anilines is 1. The van der Waals surface area contributed by atoms with E-state index in [1.165, 1.54) is 6.07 Å². The van der Waals surface area contributed by atoms with Crippen molar-refractivity contribution in [2.45, 2.75) is 19.9 Å². The molecule has 1 unspecified atom stereocenters. The van der Waals surface area contributed by atoms with Crippen LogP contribution in [0, 0.1) is 24.1 Å². The van der Waals surface area contributed by atoms with E-state index in [9.17, 15) is 4.39 Å². The van der Waals surface area contributed by atoms with Gasteiger partial charge in [-0.2, -0.15) is 5.26 Å². The first-order chi connectivity index (χ1) is 11.1. The van der Waals surface area contributed by atoms with Gasteiger partial charge in [-0.25, -0.2) is 9.37 Å². The van der Waals surface area contributed by atoms with Crippen LogP contribution in [-0.2, 0) is 0 Å². The average molecular weight is 314 g/mol. The number of nitriles is 1. The molecule has 1 fully saturated rings. The predicted molar refractivity (Wildman–Crippen MR) is 84.6 cm³/mol. The van der Waals surface area contributed by atoms with Gasteiger partial charge in [-0.15, -0.1) is 0 Å². The second-order valence-electron chi connectivity index (χ2n) is 5.79. The van der Waals surface area contributed by atoms with E-state index in [0.717, 1.165) is 37.8 Å². The molecule has 23 heavy (non-hydrogen) atoms. The highest BCUT2D eigenvalue weighted by Gasteiger charge is 2.25. The van der Waals surface area contributed by atoms with Crippen LogP contribution in [-0.4, -0.2) is 36.1 Å². The van der Waals surface area contributed by atoms with E-state index in [4.69, 9.17) is 9.68 Å². The fourth-order valence-electron chi connectivity index (χ4n) is 2.90. The Morgan fingerprint density at radius 2 is 2.04 bits per heavy atom. The van der Waals surface area contributed by atoms with Gasteiger partial charge in [-0.05, 0) is 32.0 Å². The van der Waals surface area contributed by atoms with Crippen molar-refractivity contribution in [2.24, 2.45) is 0 Å². The molecular formula is C17H19FN4O. The van der Waals surface area contributed by atoms with Crippen LogP contribution < -0.4 is 4.90 Å². The number of oxazole rings is 1. The number of aromatic nitrogens is 1. The zero-order valence-electron chi connectivity index (χ0n) is 13.3. The summed E-state index contributed by atoms with van der Waals surface area (Å²) < 4.78 is 19.7. The van der Waals surface area contributed by atoms with Crippen molar-refractivity contribution in [3.05, 3.63) is 47.4 Å². The van der Waals surface area contributed by atoms with Crippen LogP contribution in [0.3, 0.4) is 0 Å². The minimum Gasteiger partial charge on any atom is -0.444 e. The second-order valence-corrected chi connectivity index (χ2v) is 5.79. The van der Waals surface area contributed by atoms with Crippen LogP contribution in [0.4, 0.5) is 10.1 Å². The Hall–Kier alpha value is -2.39. The van der Waals surface area contributed by atoms with Crippen molar-refractivity contribution in [2.75, 3.05) is 31.1 Å². The van der Waals surface area contributed by atoms with Crippen LogP contribution in [0.2, 0.25) is 0 Å². The van der Waals surface area contributed by atoms with Crippen LogP contribution in [0.5, 0.6) is 0 Å². The summed E-state index contributed by atoms with van der Waals surface area (Å²) in [6.45, 7) is 7.03. The van der Waals surface area contributed by atoms with E-state index in [2.05, 4.69) is 16.8 Å². The number of hydrogen-bond donors (Lipinski definition) is 0. The topological polar surface area (TPSA) is 56.3 Å². The van der Waals surface area contributed by atoms with Gasteiger partial charge in [-0.3, -0.25) is 4.90 Å². The number of hydrogen-bond acceptors (Lipinski definition) is 5. The molecule has 0 aliphatic carbocycles. The summed E-state index contributed by atoms with van der Waals surface area (Å²) in [4.78, 5) is 8.58. The maximum atomic E-state index is 14.1. The number of nitrogens with zero attached hydrogens (tertiary/aromatic N) is 4. The summed E-state index contributed by atoms with van der Waals surface area (Å²) in [7, 11) is 0. The average Bonchev–Trinajstić information content (AvgIpc) is 3.00. The fourth-order valence-corrected chi connectivity index (χ4v) is 2.90. The lowest BCUT2D eigenvalue weighted by Gasteiger charge is -2.38. The minimum absolute atomic E-state index is 0.108. The Kier molecular flexibility index (Phi) is 4.30. The van der Waals surface area contributed by atoms with Crippen molar-refractivity contribution in [1.82, 2.24) is 9.88 Å². The summed E-state index contributed by atoms with van der Waals surface area (Å²) in [6, 6.07) is 6.70. The molecule has 120 valence electrons. The van der Waals surface area contributed by atoms with Crippen molar-refractivity contribution in [3.8, 4) is 6.07 Å². The van der Waals surface area contributed by atoms with Gasteiger partial charge in [0.1, 0.15) is 11.6 Å². The largest absolute Gasteiger partial charge is 0.444 e. The Balaban J connectivity index is 1.65.